The first kappa shape index (κ1) is 11.8. The molecule has 19 heavy (non-hydrogen) atoms. The SMILES string of the molecule is Cc1ccc(-n2nnc(-c3ccco3)c2N)cc1Cl. The summed E-state index contributed by atoms with van der Waals surface area (Å²) in [6.45, 7) is 1.94. The minimum atomic E-state index is 0.412. The smallest absolute Gasteiger partial charge is 0.172 e. The van der Waals surface area contributed by atoms with E-state index in [1.54, 1.807) is 24.5 Å². The van der Waals surface area contributed by atoms with E-state index < -0.39 is 0 Å². The summed E-state index contributed by atoms with van der Waals surface area (Å²) < 4.78 is 6.80. The average molecular weight is 275 g/mol. The summed E-state index contributed by atoms with van der Waals surface area (Å²) in [7, 11) is 0. The second kappa shape index (κ2) is 4.44. The molecule has 0 fully saturated rings. The Labute approximate surface area is 114 Å². The highest BCUT2D eigenvalue weighted by Crippen LogP contribution is 2.27. The van der Waals surface area contributed by atoms with E-state index in [1.807, 2.05) is 19.1 Å². The largest absolute Gasteiger partial charge is 0.463 e. The zero-order valence-corrected chi connectivity index (χ0v) is 10.9. The van der Waals surface area contributed by atoms with Crippen molar-refractivity contribution in [3.8, 4) is 17.1 Å². The lowest BCUT2D eigenvalue weighted by molar-refractivity contribution is 0.580. The molecule has 3 rings (SSSR count). The molecular weight excluding hydrogens is 264 g/mol. The molecule has 0 aliphatic carbocycles. The van der Waals surface area contributed by atoms with E-state index >= 15 is 0 Å². The Balaban J connectivity index is 2.09. The number of aromatic nitrogens is 3. The number of hydrogen-bond donors (Lipinski definition) is 1. The van der Waals surface area contributed by atoms with Crippen molar-refractivity contribution in [2.24, 2.45) is 0 Å². The van der Waals surface area contributed by atoms with Crippen LogP contribution in [0.15, 0.2) is 41.0 Å². The maximum Gasteiger partial charge on any atom is 0.172 e. The van der Waals surface area contributed by atoms with Crippen LogP contribution in [0.25, 0.3) is 17.1 Å². The standard InChI is InChI=1S/C13H11ClN4O/c1-8-4-5-9(7-10(8)14)18-13(15)12(16-17-18)11-3-2-6-19-11/h2-7H,15H2,1H3. The monoisotopic (exact) mass is 274 g/mol. The lowest BCUT2D eigenvalue weighted by Crippen LogP contribution is -2.02. The Bertz CT molecular complexity index is 718. The van der Waals surface area contributed by atoms with Crippen LogP contribution >= 0.6 is 11.6 Å². The number of nitrogen functional groups attached to an aromatic ring is 1. The predicted molar refractivity (Wildman–Crippen MR) is 73.2 cm³/mol. The van der Waals surface area contributed by atoms with Crippen LogP contribution in [0.5, 0.6) is 0 Å². The predicted octanol–water partition coefficient (Wildman–Crippen LogP) is 3.07. The molecule has 1 aromatic carbocycles. The van der Waals surface area contributed by atoms with Crippen molar-refractivity contribution >= 4 is 17.4 Å². The van der Waals surface area contributed by atoms with Crippen LogP contribution in [0.2, 0.25) is 5.02 Å². The van der Waals surface area contributed by atoms with Crippen molar-refractivity contribution in [2.75, 3.05) is 5.73 Å². The maximum absolute atomic E-state index is 6.10. The van der Waals surface area contributed by atoms with Gasteiger partial charge in [0, 0.05) is 5.02 Å². The average Bonchev–Trinajstić information content (AvgIpc) is 3.02. The Morgan fingerprint density at radius 2 is 2.16 bits per heavy atom. The first-order valence-corrected chi connectivity index (χ1v) is 6.06. The number of benzene rings is 1. The highest BCUT2D eigenvalue weighted by molar-refractivity contribution is 6.31. The molecule has 0 radical (unpaired) electrons. The number of aryl methyl sites for hydroxylation is 1. The quantitative estimate of drug-likeness (QED) is 0.780. The Morgan fingerprint density at radius 3 is 2.84 bits per heavy atom. The minimum Gasteiger partial charge on any atom is -0.463 e. The minimum absolute atomic E-state index is 0.412. The second-order valence-electron chi connectivity index (χ2n) is 4.15. The molecule has 2 N–H and O–H groups in total. The van der Waals surface area contributed by atoms with Crippen LogP contribution < -0.4 is 5.73 Å². The highest BCUT2D eigenvalue weighted by atomic mass is 35.5. The fourth-order valence-electron chi connectivity index (χ4n) is 1.78. The highest BCUT2D eigenvalue weighted by Gasteiger charge is 2.15. The summed E-state index contributed by atoms with van der Waals surface area (Å²) >= 11 is 6.10. The summed E-state index contributed by atoms with van der Waals surface area (Å²) in [5.74, 6) is 0.997. The normalized spacial score (nSPS) is 10.8. The van der Waals surface area contributed by atoms with Crippen LogP contribution in [-0.2, 0) is 0 Å². The van der Waals surface area contributed by atoms with Gasteiger partial charge < -0.3 is 10.2 Å². The lowest BCUT2D eigenvalue weighted by atomic mass is 10.2. The van der Waals surface area contributed by atoms with E-state index in [1.165, 1.54) is 4.68 Å². The Kier molecular flexibility index (Phi) is 2.76. The first-order chi connectivity index (χ1) is 9.16. The number of nitrogens with zero attached hydrogens (tertiary/aromatic N) is 3. The summed E-state index contributed by atoms with van der Waals surface area (Å²) in [6.07, 6.45) is 1.57. The molecule has 2 heterocycles. The zero-order valence-electron chi connectivity index (χ0n) is 10.2. The van der Waals surface area contributed by atoms with E-state index in [-0.39, 0.29) is 0 Å². The fourth-order valence-corrected chi connectivity index (χ4v) is 1.96. The van der Waals surface area contributed by atoms with Gasteiger partial charge in [-0.1, -0.05) is 22.9 Å². The summed E-state index contributed by atoms with van der Waals surface area (Å²) in [4.78, 5) is 0. The van der Waals surface area contributed by atoms with Gasteiger partial charge in [-0.05, 0) is 36.8 Å². The van der Waals surface area contributed by atoms with Gasteiger partial charge in [0.15, 0.2) is 17.3 Å². The summed E-state index contributed by atoms with van der Waals surface area (Å²) in [5, 5.41) is 8.73. The van der Waals surface area contributed by atoms with Gasteiger partial charge in [-0.3, -0.25) is 0 Å². The van der Waals surface area contributed by atoms with E-state index in [4.69, 9.17) is 21.8 Å². The molecule has 0 saturated heterocycles. The van der Waals surface area contributed by atoms with Crippen LogP contribution in [-0.4, -0.2) is 15.0 Å². The van der Waals surface area contributed by atoms with Gasteiger partial charge in [0.05, 0.1) is 12.0 Å². The Morgan fingerprint density at radius 1 is 1.32 bits per heavy atom. The molecule has 0 unspecified atom stereocenters. The third kappa shape index (κ3) is 1.98. The van der Waals surface area contributed by atoms with Crippen molar-refractivity contribution < 1.29 is 4.42 Å². The molecule has 96 valence electrons. The van der Waals surface area contributed by atoms with Crippen LogP contribution in [0, 0.1) is 6.92 Å². The second-order valence-corrected chi connectivity index (χ2v) is 4.55. The van der Waals surface area contributed by atoms with Crippen LogP contribution in [0.4, 0.5) is 5.82 Å². The van der Waals surface area contributed by atoms with E-state index in [0.29, 0.717) is 22.3 Å². The number of anilines is 1. The molecule has 0 aliphatic heterocycles. The van der Waals surface area contributed by atoms with Gasteiger partial charge in [-0.2, -0.15) is 4.68 Å². The molecule has 5 nitrogen and oxygen atoms in total. The van der Waals surface area contributed by atoms with E-state index in [9.17, 15) is 0 Å². The number of furan rings is 1. The maximum atomic E-state index is 6.10. The third-order valence-electron chi connectivity index (χ3n) is 2.86. The van der Waals surface area contributed by atoms with Crippen molar-refractivity contribution in [1.29, 1.82) is 0 Å². The summed E-state index contributed by atoms with van der Waals surface area (Å²) in [6, 6.07) is 9.15. The molecule has 0 spiro atoms. The van der Waals surface area contributed by atoms with Gasteiger partial charge in [-0.15, -0.1) is 5.10 Å². The molecule has 0 amide bonds. The van der Waals surface area contributed by atoms with Gasteiger partial charge >= 0.3 is 0 Å². The molecule has 0 bridgehead atoms. The third-order valence-corrected chi connectivity index (χ3v) is 3.27. The molecular formula is C13H11ClN4O. The van der Waals surface area contributed by atoms with E-state index in [0.717, 1.165) is 11.3 Å². The molecule has 0 atom stereocenters. The Hall–Kier alpha value is -2.27. The first-order valence-electron chi connectivity index (χ1n) is 5.68. The van der Waals surface area contributed by atoms with Gasteiger partial charge in [0.1, 0.15) is 0 Å². The van der Waals surface area contributed by atoms with E-state index in [2.05, 4.69) is 10.3 Å². The molecule has 6 heteroatoms. The van der Waals surface area contributed by atoms with Crippen molar-refractivity contribution in [3.05, 3.63) is 47.2 Å². The van der Waals surface area contributed by atoms with Crippen molar-refractivity contribution in [1.82, 2.24) is 15.0 Å². The number of halogens is 1. The van der Waals surface area contributed by atoms with Gasteiger partial charge in [0.25, 0.3) is 0 Å². The fraction of sp³-hybridized carbons (Fsp3) is 0.0769. The number of rotatable bonds is 2. The van der Waals surface area contributed by atoms with Crippen molar-refractivity contribution in [3.63, 3.8) is 0 Å². The molecule has 0 aliphatic rings. The summed E-state index contributed by atoms with van der Waals surface area (Å²) in [5.41, 5.74) is 8.32. The van der Waals surface area contributed by atoms with Crippen LogP contribution in [0.3, 0.4) is 0 Å². The number of hydrogen-bond acceptors (Lipinski definition) is 4. The van der Waals surface area contributed by atoms with Gasteiger partial charge in [-0.25, -0.2) is 0 Å². The number of nitrogens with two attached hydrogens (primary N) is 1. The molecule has 0 saturated carbocycles. The van der Waals surface area contributed by atoms with Crippen molar-refractivity contribution in [2.45, 2.75) is 6.92 Å². The van der Waals surface area contributed by atoms with Gasteiger partial charge in [0.2, 0.25) is 0 Å². The zero-order chi connectivity index (χ0) is 13.4. The topological polar surface area (TPSA) is 69.9 Å². The van der Waals surface area contributed by atoms with Crippen LogP contribution in [0.1, 0.15) is 5.56 Å². The molecule has 3 aromatic rings. The lowest BCUT2D eigenvalue weighted by Gasteiger charge is -2.05. The molecule has 2 aromatic heterocycles.